The molecule has 2 aromatic heterocycles. The number of anilines is 1. The van der Waals surface area contributed by atoms with Gasteiger partial charge in [-0.1, -0.05) is 0 Å². The minimum atomic E-state index is 0.244. The van der Waals surface area contributed by atoms with E-state index in [2.05, 4.69) is 30.9 Å². The second kappa shape index (κ2) is 2.41. The summed E-state index contributed by atoms with van der Waals surface area (Å²) in [4.78, 5) is 12.0. The van der Waals surface area contributed by atoms with Crippen LogP contribution in [0.1, 0.15) is 0 Å². The maximum absolute atomic E-state index is 5.40. The Morgan fingerprint density at radius 2 is 2.25 bits per heavy atom. The molecule has 2 N–H and O–H groups in total. The number of hydrogen-bond donors (Lipinski definition) is 1. The highest BCUT2D eigenvalue weighted by molar-refractivity contribution is 9.10. The van der Waals surface area contributed by atoms with Crippen LogP contribution >= 0.6 is 15.9 Å². The Bertz CT molecular complexity index is 435. The van der Waals surface area contributed by atoms with E-state index < -0.39 is 0 Å². The molecule has 12 heavy (non-hydrogen) atoms. The second-order valence-corrected chi connectivity index (χ2v) is 3.09. The van der Waals surface area contributed by atoms with Crippen molar-refractivity contribution in [1.29, 1.82) is 0 Å². The summed E-state index contributed by atoms with van der Waals surface area (Å²) < 4.78 is 2.56. The summed E-state index contributed by atoms with van der Waals surface area (Å²) in [5, 5.41) is 0. The van der Waals surface area contributed by atoms with Gasteiger partial charge in [0.2, 0.25) is 5.95 Å². The van der Waals surface area contributed by atoms with Crippen LogP contribution in [0.2, 0.25) is 0 Å². The molecule has 6 heteroatoms. The van der Waals surface area contributed by atoms with Crippen LogP contribution in [0.25, 0.3) is 11.2 Å². The monoisotopic (exact) mass is 227 g/mol. The third-order valence-electron chi connectivity index (χ3n) is 1.60. The molecule has 5 nitrogen and oxygen atoms in total. The van der Waals surface area contributed by atoms with Gasteiger partial charge in [-0.3, -0.25) is 0 Å². The van der Waals surface area contributed by atoms with Gasteiger partial charge >= 0.3 is 0 Å². The fraction of sp³-hybridized carbons (Fsp3) is 0.167. The van der Waals surface area contributed by atoms with Crippen LogP contribution in [0.15, 0.2) is 10.9 Å². The Labute approximate surface area is 76.8 Å². The minimum Gasteiger partial charge on any atom is -0.368 e. The van der Waals surface area contributed by atoms with Gasteiger partial charge in [-0.2, -0.15) is 4.98 Å². The number of nitrogens with zero attached hydrogens (tertiary/aromatic N) is 4. The molecule has 2 rings (SSSR count). The van der Waals surface area contributed by atoms with E-state index in [0.717, 1.165) is 10.3 Å². The highest BCUT2D eigenvalue weighted by atomic mass is 79.9. The molecular formula is C6H6BrN5. The number of rotatable bonds is 0. The molecule has 2 aromatic rings. The van der Waals surface area contributed by atoms with E-state index in [1.54, 1.807) is 6.20 Å². The van der Waals surface area contributed by atoms with Crippen molar-refractivity contribution < 1.29 is 0 Å². The van der Waals surface area contributed by atoms with Crippen LogP contribution in [0, 0.1) is 0 Å². The van der Waals surface area contributed by atoms with Crippen molar-refractivity contribution in [3.63, 3.8) is 0 Å². The normalized spacial score (nSPS) is 10.8. The van der Waals surface area contributed by atoms with Crippen molar-refractivity contribution in [3.8, 4) is 0 Å². The quantitative estimate of drug-likeness (QED) is 0.674. The number of fused-ring (bicyclic) bond motifs is 1. The van der Waals surface area contributed by atoms with E-state index in [1.165, 1.54) is 0 Å². The van der Waals surface area contributed by atoms with Crippen molar-refractivity contribution in [2.45, 2.75) is 0 Å². The van der Waals surface area contributed by atoms with Crippen molar-refractivity contribution in [3.05, 3.63) is 10.9 Å². The summed E-state index contributed by atoms with van der Waals surface area (Å²) >= 11 is 3.28. The number of hydrogen-bond acceptors (Lipinski definition) is 4. The lowest BCUT2D eigenvalue weighted by Gasteiger charge is -1.93. The van der Waals surface area contributed by atoms with Gasteiger partial charge in [0.1, 0.15) is 5.52 Å². The molecule has 0 aliphatic carbocycles. The molecule has 0 radical (unpaired) electrons. The SMILES string of the molecule is Cn1c(Br)nc2nc(N)ncc21. The van der Waals surface area contributed by atoms with Gasteiger partial charge in [0, 0.05) is 7.05 Å². The molecule has 0 aliphatic heterocycles. The van der Waals surface area contributed by atoms with E-state index >= 15 is 0 Å². The fourth-order valence-corrected chi connectivity index (χ4v) is 1.32. The highest BCUT2D eigenvalue weighted by Gasteiger charge is 2.06. The lowest BCUT2D eigenvalue weighted by Crippen LogP contribution is -1.94. The molecule has 0 bridgehead atoms. The molecule has 0 saturated carbocycles. The average molecular weight is 228 g/mol. The standard InChI is InChI=1S/C6H6BrN5/c1-12-3-2-9-6(8)11-4(3)10-5(12)7/h2H,1H3,(H2,8,9,11). The first-order valence-corrected chi connectivity index (χ1v) is 4.08. The van der Waals surface area contributed by atoms with E-state index in [9.17, 15) is 0 Å². The van der Waals surface area contributed by atoms with Crippen LogP contribution in [0.5, 0.6) is 0 Å². The van der Waals surface area contributed by atoms with Gasteiger partial charge in [0.25, 0.3) is 0 Å². The first-order chi connectivity index (χ1) is 5.68. The second-order valence-electron chi connectivity index (χ2n) is 2.38. The summed E-state index contributed by atoms with van der Waals surface area (Å²) in [6, 6.07) is 0. The predicted octanol–water partition coefficient (Wildman–Crippen LogP) is 0.708. The van der Waals surface area contributed by atoms with Gasteiger partial charge in [0.05, 0.1) is 6.20 Å². The lowest BCUT2D eigenvalue weighted by atomic mass is 10.5. The molecule has 0 unspecified atom stereocenters. The molecule has 0 amide bonds. The van der Waals surface area contributed by atoms with Gasteiger partial charge in [-0.25, -0.2) is 9.97 Å². The first kappa shape index (κ1) is 7.48. The number of halogens is 1. The molecule has 0 aliphatic rings. The molecule has 0 atom stereocenters. The van der Waals surface area contributed by atoms with Crippen LogP contribution in [0.3, 0.4) is 0 Å². The molecule has 0 fully saturated rings. The van der Waals surface area contributed by atoms with Gasteiger partial charge in [-0.05, 0) is 15.9 Å². The Balaban J connectivity index is 2.87. The Morgan fingerprint density at radius 1 is 1.50 bits per heavy atom. The van der Waals surface area contributed by atoms with E-state index in [4.69, 9.17) is 5.73 Å². The number of aryl methyl sites for hydroxylation is 1. The number of imidazole rings is 1. The van der Waals surface area contributed by atoms with Crippen LogP contribution < -0.4 is 5.73 Å². The summed E-state index contributed by atoms with van der Waals surface area (Å²) in [5.74, 6) is 0.244. The van der Waals surface area contributed by atoms with Crippen LogP contribution in [-0.2, 0) is 7.05 Å². The minimum absolute atomic E-state index is 0.244. The van der Waals surface area contributed by atoms with Gasteiger partial charge in [-0.15, -0.1) is 0 Å². The molecule has 2 heterocycles. The summed E-state index contributed by atoms with van der Waals surface area (Å²) in [6.45, 7) is 0. The van der Waals surface area contributed by atoms with Crippen molar-refractivity contribution >= 4 is 33.0 Å². The maximum atomic E-state index is 5.40. The Morgan fingerprint density at radius 3 is 3.00 bits per heavy atom. The third kappa shape index (κ3) is 0.953. The number of nitrogen functional groups attached to an aromatic ring is 1. The molecule has 62 valence electrons. The average Bonchev–Trinajstić information content (AvgIpc) is 2.28. The van der Waals surface area contributed by atoms with E-state index in [-0.39, 0.29) is 5.95 Å². The fourth-order valence-electron chi connectivity index (χ4n) is 0.960. The Hall–Kier alpha value is -1.17. The van der Waals surface area contributed by atoms with Crippen LogP contribution in [0.4, 0.5) is 5.95 Å². The summed E-state index contributed by atoms with van der Waals surface area (Å²) in [6.07, 6.45) is 1.65. The highest BCUT2D eigenvalue weighted by Crippen LogP contribution is 2.15. The zero-order valence-corrected chi connectivity index (χ0v) is 7.91. The Kier molecular flexibility index (Phi) is 1.50. The van der Waals surface area contributed by atoms with Gasteiger partial charge < -0.3 is 10.3 Å². The predicted molar refractivity (Wildman–Crippen MR) is 48.4 cm³/mol. The van der Waals surface area contributed by atoms with Crippen molar-refractivity contribution in [2.24, 2.45) is 7.05 Å². The van der Waals surface area contributed by atoms with Crippen molar-refractivity contribution in [2.75, 3.05) is 5.73 Å². The van der Waals surface area contributed by atoms with E-state index in [0.29, 0.717) is 5.65 Å². The lowest BCUT2D eigenvalue weighted by molar-refractivity contribution is 0.910. The first-order valence-electron chi connectivity index (χ1n) is 3.29. The topological polar surface area (TPSA) is 69.6 Å². The van der Waals surface area contributed by atoms with Gasteiger partial charge in [0.15, 0.2) is 10.4 Å². The summed E-state index contributed by atoms with van der Waals surface area (Å²) in [7, 11) is 1.87. The van der Waals surface area contributed by atoms with Crippen molar-refractivity contribution in [1.82, 2.24) is 19.5 Å². The van der Waals surface area contributed by atoms with E-state index in [1.807, 2.05) is 11.6 Å². The number of nitrogens with two attached hydrogens (primary N) is 1. The summed E-state index contributed by atoms with van der Waals surface area (Å²) in [5.41, 5.74) is 6.86. The maximum Gasteiger partial charge on any atom is 0.222 e. The zero-order valence-electron chi connectivity index (χ0n) is 6.32. The molecule has 0 spiro atoms. The zero-order chi connectivity index (χ0) is 8.72. The smallest absolute Gasteiger partial charge is 0.222 e. The molecule has 0 aromatic carbocycles. The molecular weight excluding hydrogens is 222 g/mol. The third-order valence-corrected chi connectivity index (χ3v) is 2.31. The molecule has 0 saturated heterocycles. The van der Waals surface area contributed by atoms with Crippen LogP contribution in [-0.4, -0.2) is 19.5 Å². The number of aromatic nitrogens is 4. The largest absolute Gasteiger partial charge is 0.368 e.